The minimum Gasteiger partial charge on any atom is -0.496 e. The van der Waals surface area contributed by atoms with E-state index in [-0.39, 0.29) is 6.10 Å². The third kappa shape index (κ3) is 2.86. The van der Waals surface area contributed by atoms with Gasteiger partial charge in [-0.1, -0.05) is 0 Å². The zero-order valence-corrected chi connectivity index (χ0v) is 14.3. The summed E-state index contributed by atoms with van der Waals surface area (Å²) < 4.78 is 13.7. The van der Waals surface area contributed by atoms with Gasteiger partial charge in [0.15, 0.2) is 0 Å². The van der Waals surface area contributed by atoms with Gasteiger partial charge in [0.2, 0.25) is 0 Å². The first kappa shape index (κ1) is 15.4. The molecule has 6 heteroatoms. The molecule has 2 aromatic rings. The van der Waals surface area contributed by atoms with Crippen LogP contribution in [0.15, 0.2) is 12.1 Å². The zero-order valence-electron chi connectivity index (χ0n) is 14.3. The monoisotopic (exact) mass is 328 g/mol. The van der Waals surface area contributed by atoms with Crippen molar-refractivity contribution in [3.8, 4) is 11.5 Å². The molecule has 0 spiro atoms. The number of nitrogens with zero attached hydrogens (tertiary/aromatic N) is 3. The van der Waals surface area contributed by atoms with Crippen LogP contribution >= 0.6 is 0 Å². The lowest BCUT2D eigenvalue weighted by Crippen LogP contribution is -2.19. The van der Waals surface area contributed by atoms with E-state index < -0.39 is 0 Å². The van der Waals surface area contributed by atoms with E-state index in [0.717, 1.165) is 67.6 Å². The SMILES string of the molecule is COc1cc2c(cc1CNCCc1nnc3n1CCC3)OC(C)C2. The largest absolute Gasteiger partial charge is 0.496 e. The Morgan fingerprint density at radius 2 is 2.29 bits per heavy atom. The van der Waals surface area contributed by atoms with E-state index in [0.29, 0.717) is 0 Å². The smallest absolute Gasteiger partial charge is 0.134 e. The molecule has 0 bridgehead atoms. The lowest BCUT2D eigenvalue weighted by molar-refractivity contribution is 0.254. The quantitative estimate of drug-likeness (QED) is 0.821. The van der Waals surface area contributed by atoms with Crippen LogP contribution in [0.4, 0.5) is 0 Å². The summed E-state index contributed by atoms with van der Waals surface area (Å²) in [6, 6.07) is 4.22. The second-order valence-corrected chi connectivity index (χ2v) is 6.62. The van der Waals surface area contributed by atoms with Gasteiger partial charge in [-0.3, -0.25) is 0 Å². The molecule has 6 nitrogen and oxygen atoms in total. The molecule has 4 rings (SSSR count). The molecule has 0 saturated carbocycles. The Kier molecular flexibility index (Phi) is 4.14. The third-order valence-corrected chi connectivity index (χ3v) is 4.83. The summed E-state index contributed by atoms with van der Waals surface area (Å²) in [5, 5.41) is 12.0. The lowest BCUT2D eigenvalue weighted by atomic mass is 10.1. The molecule has 1 aromatic heterocycles. The maximum Gasteiger partial charge on any atom is 0.134 e. The highest BCUT2D eigenvalue weighted by Crippen LogP contribution is 2.34. The highest BCUT2D eigenvalue weighted by molar-refractivity contribution is 5.48. The summed E-state index contributed by atoms with van der Waals surface area (Å²) in [5.74, 6) is 4.15. The molecule has 1 aromatic carbocycles. The van der Waals surface area contributed by atoms with Gasteiger partial charge in [-0.05, 0) is 25.5 Å². The summed E-state index contributed by atoms with van der Waals surface area (Å²) in [5.41, 5.74) is 2.37. The molecule has 0 aliphatic carbocycles. The lowest BCUT2D eigenvalue weighted by Gasteiger charge is -2.12. The van der Waals surface area contributed by atoms with Crippen LogP contribution < -0.4 is 14.8 Å². The topological polar surface area (TPSA) is 61.2 Å². The molecular formula is C18H24N4O2. The molecule has 1 unspecified atom stereocenters. The molecule has 128 valence electrons. The van der Waals surface area contributed by atoms with Gasteiger partial charge in [0.05, 0.1) is 7.11 Å². The number of ether oxygens (including phenoxy) is 2. The van der Waals surface area contributed by atoms with Crippen LogP contribution in [0.1, 0.15) is 36.1 Å². The van der Waals surface area contributed by atoms with Crippen LogP contribution in [0.2, 0.25) is 0 Å². The van der Waals surface area contributed by atoms with Crippen LogP contribution in [0.3, 0.4) is 0 Å². The molecule has 1 N–H and O–H groups in total. The van der Waals surface area contributed by atoms with Gasteiger partial charge in [-0.15, -0.1) is 10.2 Å². The minimum atomic E-state index is 0.253. The number of hydrogen-bond acceptors (Lipinski definition) is 5. The summed E-state index contributed by atoms with van der Waals surface area (Å²) in [6.45, 7) is 4.79. The average Bonchev–Trinajstić information content (AvgIpc) is 3.25. The van der Waals surface area contributed by atoms with Crippen molar-refractivity contribution in [3.63, 3.8) is 0 Å². The molecule has 2 aliphatic rings. The molecule has 0 amide bonds. The van der Waals surface area contributed by atoms with Crippen molar-refractivity contribution in [2.75, 3.05) is 13.7 Å². The van der Waals surface area contributed by atoms with Gasteiger partial charge in [-0.25, -0.2) is 0 Å². The number of fused-ring (bicyclic) bond motifs is 2. The molecule has 2 aliphatic heterocycles. The number of nitrogens with one attached hydrogen (secondary N) is 1. The van der Waals surface area contributed by atoms with Crippen LogP contribution in [0.25, 0.3) is 0 Å². The van der Waals surface area contributed by atoms with E-state index in [1.54, 1.807) is 7.11 Å². The van der Waals surface area contributed by atoms with Crippen molar-refractivity contribution in [1.82, 2.24) is 20.1 Å². The fourth-order valence-electron chi connectivity index (χ4n) is 3.63. The first-order valence-electron chi connectivity index (χ1n) is 8.72. The van der Waals surface area contributed by atoms with E-state index in [9.17, 15) is 0 Å². The van der Waals surface area contributed by atoms with Crippen LogP contribution in [0, 0.1) is 0 Å². The molecule has 0 saturated heterocycles. The average molecular weight is 328 g/mol. The van der Waals surface area contributed by atoms with Crippen molar-refractivity contribution in [3.05, 3.63) is 34.9 Å². The Morgan fingerprint density at radius 1 is 1.38 bits per heavy atom. The number of methoxy groups -OCH3 is 1. The Bertz CT molecular complexity index is 741. The predicted molar refractivity (Wildman–Crippen MR) is 90.5 cm³/mol. The minimum absolute atomic E-state index is 0.253. The molecule has 3 heterocycles. The van der Waals surface area contributed by atoms with Gasteiger partial charge in [0, 0.05) is 50.0 Å². The second kappa shape index (κ2) is 6.43. The van der Waals surface area contributed by atoms with E-state index in [1.807, 2.05) is 0 Å². The van der Waals surface area contributed by atoms with Gasteiger partial charge >= 0.3 is 0 Å². The highest BCUT2D eigenvalue weighted by atomic mass is 16.5. The van der Waals surface area contributed by atoms with E-state index in [2.05, 4.69) is 39.1 Å². The van der Waals surface area contributed by atoms with Gasteiger partial charge < -0.3 is 19.4 Å². The van der Waals surface area contributed by atoms with Crippen molar-refractivity contribution in [1.29, 1.82) is 0 Å². The van der Waals surface area contributed by atoms with Gasteiger partial charge in [0.1, 0.15) is 29.3 Å². The standard InChI is InChI=1S/C18H24N4O2/c1-12-8-13-9-15(23-2)14(10-16(13)24-12)11-19-6-5-18-21-20-17-4-3-7-22(17)18/h9-10,12,19H,3-8,11H2,1-2H3. The van der Waals surface area contributed by atoms with Crippen LogP contribution in [0.5, 0.6) is 11.5 Å². The Labute approximate surface area is 142 Å². The van der Waals surface area contributed by atoms with Gasteiger partial charge in [-0.2, -0.15) is 0 Å². The van der Waals surface area contributed by atoms with E-state index in [4.69, 9.17) is 9.47 Å². The predicted octanol–water partition coefficient (Wildman–Crippen LogP) is 1.89. The van der Waals surface area contributed by atoms with E-state index in [1.165, 1.54) is 12.0 Å². The Balaban J connectivity index is 1.36. The molecular weight excluding hydrogens is 304 g/mol. The molecule has 1 atom stereocenters. The summed E-state index contributed by atoms with van der Waals surface area (Å²) in [7, 11) is 1.73. The number of benzene rings is 1. The van der Waals surface area contributed by atoms with E-state index >= 15 is 0 Å². The fraction of sp³-hybridized carbons (Fsp3) is 0.556. The molecule has 0 fully saturated rings. The first-order valence-corrected chi connectivity index (χ1v) is 8.72. The van der Waals surface area contributed by atoms with Gasteiger partial charge in [0.25, 0.3) is 0 Å². The fourth-order valence-corrected chi connectivity index (χ4v) is 3.63. The van der Waals surface area contributed by atoms with Crippen molar-refractivity contribution >= 4 is 0 Å². The first-order chi connectivity index (χ1) is 11.7. The third-order valence-electron chi connectivity index (χ3n) is 4.83. The highest BCUT2D eigenvalue weighted by Gasteiger charge is 2.21. The Hall–Kier alpha value is -2.08. The van der Waals surface area contributed by atoms with Crippen LogP contribution in [-0.4, -0.2) is 34.5 Å². The summed E-state index contributed by atoms with van der Waals surface area (Å²) in [4.78, 5) is 0. The number of aromatic nitrogens is 3. The van der Waals surface area contributed by atoms with Crippen molar-refractivity contribution in [2.24, 2.45) is 0 Å². The number of hydrogen-bond donors (Lipinski definition) is 1. The molecule has 0 radical (unpaired) electrons. The Morgan fingerprint density at radius 3 is 3.17 bits per heavy atom. The number of aryl methyl sites for hydroxylation is 1. The summed E-state index contributed by atoms with van der Waals surface area (Å²) in [6.07, 6.45) is 4.36. The van der Waals surface area contributed by atoms with Crippen molar-refractivity contribution < 1.29 is 9.47 Å². The zero-order chi connectivity index (χ0) is 16.5. The maximum absolute atomic E-state index is 5.86. The maximum atomic E-state index is 5.86. The normalized spacial score (nSPS) is 18.3. The second-order valence-electron chi connectivity index (χ2n) is 6.62. The summed E-state index contributed by atoms with van der Waals surface area (Å²) >= 11 is 0. The number of rotatable bonds is 6. The van der Waals surface area contributed by atoms with Crippen LogP contribution in [-0.2, 0) is 32.4 Å². The molecule has 24 heavy (non-hydrogen) atoms. The van der Waals surface area contributed by atoms with Crippen molar-refractivity contribution in [2.45, 2.75) is 51.8 Å².